The lowest BCUT2D eigenvalue weighted by Gasteiger charge is -2.23. The zero-order chi connectivity index (χ0) is 17.9. The van der Waals surface area contributed by atoms with E-state index in [1.165, 1.54) is 12.1 Å². The molecule has 1 heterocycles. The number of benzene rings is 1. The fraction of sp³-hybridized carbons (Fsp3) is 0.500. The molecule has 0 aliphatic carbocycles. The van der Waals surface area contributed by atoms with E-state index in [2.05, 4.69) is 0 Å². The summed E-state index contributed by atoms with van der Waals surface area (Å²) in [6, 6.07) is 4.81. The maximum atomic E-state index is 12.5. The fourth-order valence-corrected chi connectivity index (χ4v) is 2.63. The fourth-order valence-electron chi connectivity index (χ4n) is 2.63. The van der Waals surface area contributed by atoms with Crippen molar-refractivity contribution in [3.63, 3.8) is 0 Å². The van der Waals surface area contributed by atoms with Gasteiger partial charge in [-0.15, -0.1) is 0 Å². The maximum Gasteiger partial charge on any atom is 0.416 e. The SMILES string of the molecule is CN(Cc1ccc(C(F)(F)F)cc1)CC(O)CN1C(=O)CCC1=O. The van der Waals surface area contributed by atoms with Crippen molar-refractivity contribution in [2.45, 2.75) is 31.7 Å². The van der Waals surface area contributed by atoms with Gasteiger partial charge in [-0.3, -0.25) is 19.4 Å². The quantitative estimate of drug-likeness (QED) is 0.797. The van der Waals surface area contributed by atoms with Gasteiger partial charge in [0.1, 0.15) is 0 Å². The van der Waals surface area contributed by atoms with E-state index in [1.807, 2.05) is 0 Å². The number of hydrogen-bond acceptors (Lipinski definition) is 4. The van der Waals surface area contributed by atoms with Crippen LogP contribution in [0.5, 0.6) is 0 Å². The maximum absolute atomic E-state index is 12.5. The number of aliphatic hydroxyl groups excluding tert-OH is 1. The molecule has 1 atom stereocenters. The number of likely N-dealkylation sites (N-methyl/N-ethyl adjacent to an activating group) is 1. The lowest BCUT2D eigenvalue weighted by molar-refractivity contribution is -0.140. The summed E-state index contributed by atoms with van der Waals surface area (Å²) in [6.07, 6.45) is -4.93. The number of likely N-dealkylation sites (tertiary alicyclic amines) is 1. The molecule has 1 aromatic rings. The molecule has 1 unspecified atom stereocenters. The number of rotatable bonds is 6. The molecule has 0 bridgehead atoms. The number of aliphatic hydroxyl groups is 1. The molecule has 0 aromatic heterocycles. The molecule has 24 heavy (non-hydrogen) atoms. The Morgan fingerprint density at radius 1 is 1.17 bits per heavy atom. The Balaban J connectivity index is 1.85. The molecule has 1 fully saturated rings. The Bertz CT molecular complexity index is 586. The van der Waals surface area contributed by atoms with Crippen molar-refractivity contribution in [1.82, 2.24) is 9.80 Å². The molecular weight excluding hydrogens is 325 g/mol. The third-order valence-corrected chi connectivity index (χ3v) is 3.80. The van der Waals surface area contributed by atoms with E-state index < -0.39 is 17.8 Å². The zero-order valence-electron chi connectivity index (χ0n) is 13.2. The predicted octanol–water partition coefficient (Wildman–Crippen LogP) is 1.65. The van der Waals surface area contributed by atoms with Crippen LogP contribution in [0, 0.1) is 0 Å². The van der Waals surface area contributed by atoms with Gasteiger partial charge >= 0.3 is 6.18 Å². The number of β-amino-alcohol motifs (C(OH)–C–C–N with tert-alkyl or cyclic N) is 1. The molecule has 2 rings (SSSR count). The van der Waals surface area contributed by atoms with Gasteiger partial charge in [0.05, 0.1) is 18.2 Å². The highest BCUT2D eigenvalue weighted by atomic mass is 19.4. The van der Waals surface area contributed by atoms with Crippen LogP contribution in [-0.2, 0) is 22.3 Å². The first-order valence-corrected chi connectivity index (χ1v) is 7.53. The van der Waals surface area contributed by atoms with Crippen LogP contribution in [0.25, 0.3) is 0 Å². The van der Waals surface area contributed by atoms with Crippen LogP contribution in [0.4, 0.5) is 13.2 Å². The Hall–Kier alpha value is -1.93. The van der Waals surface area contributed by atoms with Crippen molar-refractivity contribution >= 4 is 11.8 Å². The predicted molar refractivity (Wildman–Crippen MR) is 79.7 cm³/mol. The van der Waals surface area contributed by atoms with E-state index >= 15 is 0 Å². The molecule has 0 saturated carbocycles. The minimum absolute atomic E-state index is 0.0605. The van der Waals surface area contributed by atoms with Crippen molar-refractivity contribution in [2.24, 2.45) is 0 Å². The number of amides is 2. The van der Waals surface area contributed by atoms with Gasteiger partial charge in [0.15, 0.2) is 0 Å². The Morgan fingerprint density at radius 2 is 1.71 bits per heavy atom. The third-order valence-electron chi connectivity index (χ3n) is 3.80. The van der Waals surface area contributed by atoms with Crippen molar-refractivity contribution in [2.75, 3.05) is 20.1 Å². The largest absolute Gasteiger partial charge is 0.416 e. The Kier molecular flexibility index (Phi) is 5.61. The third kappa shape index (κ3) is 4.78. The second kappa shape index (κ2) is 7.31. The van der Waals surface area contributed by atoms with Crippen LogP contribution >= 0.6 is 0 Å². The lowest BCUT2D eigenvalue weighted by Crippen LogP contribution is -2.41. The van der Waals surface area contributed by atoms with Crippen molar-refractivity contribution in [3.05, 3.63) is 35.4 Å². The number of hydrogen-bond donors (Lipinski definition) is 1. The van der Waals surface area contributed by atoms with Gasteiger partial charge in [-0.2, -0.15) is 13.2 Å². The molecule has 1 aromatic carbocycles. The van der Waals surface area contributed by atoms with E-state index in [1.54, 1.807) is 11.9 Å². The van der Waals surface area contributed by atoms with E-state index in [-0.39, 0.29) is 37.7 Å². The molecule has 1 N–H and O–H groups in total. The summed E-state index contributed by atoms with van der Waals surface area (Å²) in [5.41, 5.74) is -0.0361. The van der Waals surface area contributed by atoms with Crippen molar-refractivity contribution in [1.29, 1.82) is 0 Å². The topological polar surface area (TPSA) is 60.9 Å². The van der Waals surface area contributed by atoms with Gasteiger partial charge in [0.2, 0.25) is 11.8 Å². The summed E-state index contributed by atoms with van der Waals surface area (Å²) in [6.45, 7) is 0.476. The molecular formula is C16H19F3N2O3. The van der Waals surface area contributed by atoms with E-state index in [9.17, 15) is 27.9 Å². The number of alkyl halides is 3. The van der Waals surface area contributed by atoms with Gasteiger partial charge in [0, 0.05) is 25.9 Å². The molecule has 1 aliphatic rings. The number of carbonyl (C=O) groups is 2. The van der Waals surface area contributed by atoms with Crippen LogP contribution in [0.1, 0.15) is 24.0 Å². The van der Waals surface area contributed by atoms with Gasteiger partial charge in [-0.25, -0.2) is 0 Å². The number of imide groups is 1. The summed E-state index contributed by atoms with van der Waals surface area (Å²) in [7, 11) is 1.70. The molecule has 5 nitrogen and oxygen atoms in total. The average molecular weight is 344 g/mol. The molecule has 0 spiro atoms. The molecule has 2 amide bonds. The van der Waals surface area contributed by atoms with Crippen LogP contribution in [0.2, 0.25) is 0 Å². The van der Waals surface area contributed by atoms with Gasteiger partial charge in [-0.05, 0) is 24.7 Å². The Labute approximate surface area is 137 Å². The highest BCUT2D eigenvalue weighted by Crippen LogP contribution is 2.29. The van der Waals surface area contributed by atoms with Crippen molar-refractivity contribution < 1.29 is 27.9 Å². The lowest BCUT2D eigenvalue weighted by atomic mass is 10.1. The molecule has 0 radical (unpaired) electrons. The Morgan fingerprint density at radius 3 is 2.21 bits per heavy atom. The van der Waals surface area contributed by atoms with Crippen LogP contribution < -0.4 is 0 Å². The normalized spacial score (nSPS) is 17.0. The summed E-state index contributed by atoms with van der Waals surface area (Å²) >= 11 is 0. The zero-order valence-corrected chi connectivity index (χ0v) is 13.2. The summed E-state index contributed by atoms with van der Waals surface area (Å²) in [5, 5.41) is 10.0. The highest BCUT2D eigenvalue weighted by Gasteiger charge is 2.31. The number of nitrogens with zero attached hydrogens (tertiary/aromatic N) is 2. The van der Waals surface area contributed by atoms with Crippen LogP contribution in [-0.4, -0.2) is 53.0 Å². The number of carbonyl (C=O) groups excluding carboxylic acids is 2. The van der Waals surface area contributed by atoms with Gasteiger partial charge in [0.25, 0.3) is 0 Å². The van der Waals surface area contributed by atoms with E-state index in [0.29, 0.717) is 12.1 Å². The van der Waals surface area contributed by atoms with E-state index in [4.69, 9.17) is 0 Å². The molecule has 1 aliphatic heterocycles. The standard InChI is InChI=1S/C16H19F3N2O3/c1-20(8-11-2-4-12(5-3-11)16(17,18)19)9-13(22)10-21-14(23)6-7-15(21)24/h2-5,13,22H,6-10H2,1H3. The second-order valence-electron chi connectivity index (χ2n) is 5.94. The summed E-state index contributed by atoms with van der Waals surface area (Å²) < 4.78 is 37.5. The first kappa shape index (κ1) is 18.4. The van der Waals surface area contributed by atoms with Gasteiger partial charge < -0.3 is 5.11 Å². The second-order valence-corrected chi connectivity index (χ2v) is 5.94. The first-order chi connectivity index (χ1) is 11.2. The van der Waals surface area contributed by atoms with Crippen molar-refractivity contribution in [3.8, 4) is 0 Å². The average Bonchev–Trinajstić information content (AvgIpc) is 2.78. The highest BCUT2D eigenvalue weighted by molar-refractivity contribution is 6.01. The van der Waals surface area contributed by atoms with Crippen LogP contribution in [0.15, 0.2) is 24.3 Å². The molecule has 132 valence electrons. The molecule has 8 heteroatoms. The number of halogens is 3. The summed E-state index contributed by atoms with van der Waals surface area (Å²) in [5.74, 6) is -0.575. The minimum atomic E-state index is -4.37. The first-order valence-electron chi connectivity index (χ1n) is 7.53. The molecule has 1 saturated heterocycles. The van der Waals surface area contributed by atoms with Gasteiger partial charge in [-0.1, -0.05) is 12.1 Å². The van der Waals surface area contributed by atoms with Crippen LogP contribution in [0.3, 0.4) is 0 Å². The smallest absolute Gasteiger partial charge is 0.390 e. The monoisotopic (exact) mass is 344 g/mol. The summed E-state index contributed by atoms with van der Waals surface area (Å²) in [4.78, 5) is 25.8. The minimum Gasteiger partial charge on any atom is -0.390 e. The van der Waals surface area contributed by atoms with E-state index in [0.717, 1.165) is 17.0 Å².